The highest BCUT2D eigenvalue weighted by molar-refractivity contribution is 5.74. The minimum atomic E-state index is 0.170. The van der Waals surface area contributed by atoms with Gasteiger partial charge in [0.05, 0.1) is 0 Å². The van der Waals surface area contributed by atoms with E-state index in [-0.39, 0.29) is 6.03 Å². The molecule has 0 aromatic heterocycles. The maximum atomic E-state index is 12.1. The second kappa shape index (κ2) is 5.79. The van der Waals surface area contributed by atoms with Crippen molar-refractivity contribution < 1.29 is 4.79 Å². The molecule has 0 N–H and O–H groups in total. The van der Waals surface area contributed by atoms with E-state index < -0.39 is 0 Å². The fraction of sp³-hybridized carbons (Fsp3) is 0.750. The highest BCUT2D eigenvalue weighted by Crippen LogP contribution is 2.16. The summed E-state index contributed by atoms with van der Waals surface area (Å²) in [5.41, 5.74) is 0. The standard InChI is InChI=1S/C12H22N2O/c1-4-8-13(5-2)12(15)14-9-6-7-11(3)10-14/h4,11H,1,5-10H2,2-3H3. The van der Waals surface area contributed by atoms with E-state index in [1.54, 1.807) is 6.08 Å². The van der Waals surface area contributed by atoms with Crippen molar-refractivity contribution in [2.24, 2.45) is 5.92 Å². The molecule has 0 radical (unpaired) electrons. The van der Waals surface area contributed by atoms with E-state index in [0.29, 0.717) is 12.5 Å². The van der Waals surface area contributed by atoms with E-state index in [1.807, 2.05) is 16.7 Å². The molecular weight excluding hydrogens is 188 g/mol. The van der Waals surface area contributed by atoms with Crippen molar-refractivity contribution in [2.75, 3.05) is 26.2 Å². The van der Waals surface area contributed by atoms with Crippen LogP contribution in [-0.2, 0) is 0 Å². The average Bonchev–Trinajstić information content (AvgIpc) is 2.25. The summed E-state index contributed by atoms with van der Waals surface area (Å²) in [5.74, 6) is 0.644. The zero-order valence-corrected chi connectivity index (χ0v) is 9.91. The molecule has 0 saturated carbocycles. The molecule has 1 aliphatic heterocycles. The predicted molar refractivity (Wildman–Crippen MR) is 62.8 cm³/mol. The number of carbonyl (C=O) groups excluding carboxylic acids is 1. The first-order valence-corrected chi connectivity index (χ1v) is 5.83. The van der Waals surface area contributed by atoms with Crippen LogP contribution in [0.2, 0.25) is 0 Å². The number of hydrogen-bond donors (Lipinski definition) is 0. The van der Waals surface area contributed by atoms with E-state index in [4.69, 9.17) is 0 Å². The van der Waals surface area contributed by atoms with Crippen LogP contribution < -0.4 is 0 Å². The van der Waals surface area contributed by atoms with Crippen molar-refractivity contribution in [3.63, 3.8) is 0 Å². The Bertz CT molecular complexity index is 228. The molecule has 1 rings (SSSR count). The number of carbonyl (C=O) groups is 1. The molecule has 0 spiro atoms. The number of likely N-dealkylation sites (tertiary alicyclic amines) is 1. The molecule has 1 fully saturated rings. The molecule has 1 atom stereocenters. The Balaban J connectivity index is 2.53. The maximum Gasteiger partial charge on any atom is 0.320 e. The average molecular weight is 210 g/mol. The normalized spacial score (nSPS) is 21.2. The summed E-state index contributed by atoms with van der Waals surface area (Å²) in [6, 6.07) is 0.170. The second-order valence-corrected chi connectivity index (χ2v) is 4.30. The lowest BCUT2D eigenvalue weighted by Crippen LogP contribution is -2.47. The minimum Gasteiger partial charge on any atom is -0.324 e. The van der Waals surface area contributed by atoms with E-state index in [1.165, 1.54) is 6.42 Å². The van der Waals surface area contributed by atoms with Gasteiger partial charge in [0.2, 0.25) is 0 Å². The molecule has 1 heterocycles. The number of piperidine rings is 1. The lowest BCUT2D eigenvalue weighted by molar-refractivity contribution is 0.137. The van der Waals surface area contributed by atoms with Crippen LogP contribution >= 0.6 is 0 Å². The van der Waals surface area contributed by atoms with Crippen molar-refractivity contribution in [1.29, 1.82) is 0 Å². The summed E-state index contributed by atoms with van der Waals surface area (Å²) in [7, 11) is 0. The summed E-state index contributed by atoms with van der Waals surface area (Å²) in [5, 5.41) is 0. The van der Waals surface area contributed by atoms with Gasteiger partial charge in [-0.2, -0.15) is 0 Å². The van der Waals surface area contributed by atoms with Crippen molar-refractivity contribution in [3.8, 4) is 0 Å². The van der Waals surface area contributed by atoms with E-state index in [2.05, 4.69) is 13.5 Å². The van der Waals surface area contributed by atoms with Gasteiger partial charge in [0.25, 0.3) is 0 Å². The summed E-state index contributed by atoms with van der Waals surface area (Å²) in [6.45, 7) is 11.1. The first-order chi connectivity index (χ1) is 7.19. The molecule has 1 saturated heterocycles. The van der Waals surface area contributed by atoms with Crippen LogP contribution in [0.1, 0.15) is 26.7 Å². The molecule has 3 nitrogen and oxygen atoms in total. The van der Waals surface area contributed by atoms with E-state index in [0.717, 1.165) is 26.1 Å². The van der Waals surface area contributed by atoms with Gasteiger partial charge in [-0.05, 0) is 25.7 Å². The number of nitrogens with zero attached hydrogens (tertiary/aromatic N) is 2. The first kappa shape index (κ1) is 12.1. The third-order valence-electron chi connectivity index (χ3n) is 2.93. The molecule has 1 unspecified atom stereocenters. The molecule has 1 aliphatic rings. The van der Waals surface area contributed by atoms with Crippen molar-refractivity contribution in [1.82, 2.24) is 9.80 Å². The largest absolute Gasteiger partial charge is 0.324 e. The molecule has 2 amide bonds. The third-order valence-corrected chi connectivity index (χ3v) is 2.93. The van der Waals surface area contributed by atoms with Gasteiger partial charge in [-0.3, -0.25) is 0 Å². The zero-order chi connectivity index (χ0) is 11.3. The van der Waals surface area contributed by atoms with Crippen LogP contribution in [0.4, 0.5) is 4.79 Å². The Hall–Kier alpha value is -0.990. The van der Waals surface area contributed by atoms with Gasteiger partial charge in [0, 0.05) is 26.2 Å². The summed E-state index contributed by atoms with van der Waals surface area (Å²) in [6.07, 6.45) is 4.17. The molecule has 0 aromatic carbocycles. The first-order valence-electron chi connectivity index (χ1n) is 5.83. The Morgan fingerprint density at radius 3 is 2.93 bits per heavy atom. The monoisotopic (exact) mass is 210 g/mol. The van der Waals surface area contributed by atoms with Crippen molar-refractivity contribution >= 4 is 6.03 Å². The Morgan fingerprint density at radius 1 is 1.67 bits per heavy atom. The lowest BCUT2D eigenvalue weighted by atomic mass is 10.0. The molecular formula is C12H22N2O. The summed E-state index contributed by atoms with van der Waals surface area (Å²) < 4.78 is 0. The molecule has 15 heavy (non-hydrogen) atoms. The highest BCUT2D eigenvalue weighted by Gasteiger charge is 2.23. The number of urea groups is 1. The summed E-state index contributed by atoms with van der Waals surface area (Å²) in [4.78, 5) is 15.9. The molecule has 3 heteroatoms. The van der Waals surface area contributed by atoms with Gasteiger partial charge in [0.15, 0.2) is 0 Å². The second-order valence-electron chi connectivity index (χ2n) is 4.30. The van der Waals surface area contributed by atoms with Crippen molar-refractivity contribution in [3.05, 3.63) is 12.7 Å². The number of hydrogen-bond acceptors (Lipinski definition) is 1. The molecule has 86 valence electrons. The fourth-order valence-electron chi connectivity index (χ4n) is 2.06. The van der Waals surface area contributed by atoms with Crippen LogP contribution in [-0.4, -0.2) is 42.0 Å². The minimum absolute atomic E-state index is 0.170. The van der Waals surface area contributed by atoms with Gasteiger partial charge in [-0.25, -0.2) is 4.79 Å². The smallest absolute Gasteiger partial charge is 0.320 e. The fourth-order valence-corrected chi connectivity index (χ4v) is 2.06. The Morgan fingerprint density at radius 2 is 2.40 bits per heavy atom. The van der Waals surface area contributed by atoms with Crippen LogP contribution in [0.15, 0.2) is 12.7 Å². The number of likely N-dealkylation sites (N-methyl/N-ethyl adjacent to an activating group) is 1. The number of rotatable bonds is 3. The zero-order valence-electron chi connectivity index (χ0n) is 9.91. The van der Waals surface area contributed by atoms with Crippen LogP contribution in [0, 0.1) is 5.92 Å². The van der Waals surface area contributed by atoms with Crippen LogP contribution in [0.5, 0.6) is 0 Å². The summed E-state index contributed by atoms with van der Waals surface area (Å²) >= 11 is 0. The van der Waals surface area contributed by atoms with Gasteiger partial charge >= 0.3 is 6.03 Å². The van der Waals surface area contributed by atoms with E-state index in [9.17, 15) is 4.79 Å². The number of amides is 2. The molecule has 0 bridgehead atoms. The highest BCUT2D eigenvalue weighted by atomic mass is 16.2. The Kier molecular flexibility index (Phi) is 4.66. The SMILES string of the molecule is C=CCN(CC)C(=O)N1CCCC(C)C1. The lowest BCUT2D eigenvalue weighted by Gasteiger charge is -2.34. The quantitative estimate of drug-likeness (QED) is 0.656. The van der Waals surface area contributed by atoms with Gasteiger partial charge in [0.1, 0.15) is 0 Å². The predicted octanol–water partition coefficient (Wildman–Crippen LogP) is 2.35. The van der Waals surface area contributed by atoms with Crippen LogP contribution in [0.3, 0.4) is 0 Å². The maximum absolute atomic E-state index is 12.1. The molecule has 0 aliphatic carbocycles. The topological polar surface area (TPSA) is 23.6 Å². The Labute approximate surface area is 92.7 Å². The third kappa shape index (κ3) is 3.26. The van der Waals surface area contributed by atoms with Gasteiger partial charge in [-0.15, -0.1) is 6.58 Å². The van der Waals surface area contributed by atoms with Gasteiger partial charge in [-0.1, -0.05) is 13.0 Å². The van der Waals surface area contributed by atoms with Crippen molar-refractivity contribution in [2.45, 2.75) is 26.7 Å². The van der Waals surface area contributed by atoms with Gasteiger partial charge < -0.3 is 9.80 Å². The molecule has 0 aromatic rings. The van der Waals surface area contributed by atoms with E-state index >= 15 is 0 Å². The van der Waals surface area contributed by atoms with Crippen LogP contribution in [0.25, 0.3) is 0 Å².